The van der Waals surface area contributed by atoms with Gasteiger partial charge in [0.2, 0.25) is 0 Å². The Labute approximate surface area is 110 Å². The molecule has 0 aliphatic heterocycles. The highest BCUT2D eigenvalue weighted by Crippen LogP contribution is 2.39. The first-order chi connectivity index (χ1) is 8.72. The number of hydrogen-bond acceptors (Lipinski definition) is 2. The topological polar surface area (TPSA) is 35.8 Å². The Bertz CT molecular complexity index is 420. The number of benzene rings is 1. The van der Waals surface area contributed by atoms with Gasteiger partial charge in [-0.3, -0.25) is 5.32 Å². The van der Waals surface area contributed by atoms with Crippen LogP contribution in [-0.2, 0) is 0 Å². The van der Waals surface area contributed by atoms with Gasteiger partial charge in [-0.15, -0.1) is 0 Å². The van der Waals surface area contributed by atoms with Crippen molar-refractivity contribution < 1.29 is 0 Å². The van der Waals surface area contributed by atoms with Crippen LogP contribution in [0, 0.1) is 17.2 Å². The second-order valence-corrected chi connectivity index (χ2v) is 5.36. The zero-order valence-corrected chi connectivity index (χ0v) is 11.3. The number of nitrogens with one attached hydrogen (secondary N) is 1. The molecule has 0 amide bonds. The van der Waals surface area contributed by atoms with E-state index in [-0.39, 0.29) is 11.6 Å². The van der Waals surface area contributed by atoms with E-state index in [1.807, 2.05) is 6.07 Å². The summed E-state index contributed by atoms with van der Waals surface area (Å²) < 4.78 is 0. The van der Waals surface area contributed by atoms with Gasteiger partial charge in [0.15, 0.2) is 0 Å². The summed E-state index contributed by atoms with van der Waals surface area (Å²) in [6.07, 6.45) is 4.42. The highest BCUT2D eigenvalue weighted by Gasteiger charge is 2.42. The average molecular weight is 242 g/mol. The van der Waals surface area contributed by atoms with Crippen molar-refractivity contribution in [3.8, 4) is 6.07 Å². The Kier molecular flexibility index (Phi) is 4.04. The summed E-state index contributed by atoms with van der Waals surface area (Å²) in [6.45, 7) is 4.34. The van der Waals surface area contributed by atoms with Crippen LogP contribution in [0.25, 0.3) is 0 Å². The van der Waals surface area contributed by atoms with E-state index in [2.05, 4.69) is 49.5 Å². The molecule has 1 fully saturated rings. The molecule has 0 saturated heterocycles. The van der Waals surface area contributed by atoms with Crippen molar-refractivity contribution in [1.82, 2.24) is 5.32 Å². The van der Waals surface area contributed by atoms with Crippen molar-refractivity contribution in [3.63, 3.8) is 0 Å². The normalized spacial score (nSPS) is 28.8. The molecule has 0 unspecified atom stereocenters. The summed E-state index contributed by atoms with van der Waals surface area (Å²) in [5.74, 6) is 0.494. The SMILES string of the molecule is CC[C@@H]1CCC[C@]1(C#N)N[C@H](C)c1ccccc1. The standard InChI is InChI=1S/C16H22N2/c1-3-15-10-7-11-16(15,12-17)18-13(2)14-8-5-4-6-9-14/h4-6,8-9,13,15,18H,3,7,10-11H2,1-2H3/t13-,15-,16-/m1/s1. The van der Waals surface area contributed by atoms with Crippen LogP contribution in [0.3, 0.4) is 0 Å². The number of rotatable bonds is 4. The van der Waals surface area contributed by atoms with Crippen LogP contribution in [0.15, 0.2) is 30.3 Å². The third kappa shape index (κ3) is 2.42. The van der Waals surface area contributed by atoms with Crippen molar-refractivity contribution in [3.05, 3.63) is 35.9 Å². The number of nitrogens with zero attached hydrogens (tertiary/aromatic N) is 1. The van der Waals surface area contributed by atoms with Crippen molar-refractivity contribution >= 4 is 0 Å². The summed E-state index contributed by atoms with van der Waals surface area (Å²) in [6, 6.07) is 13.2. The van der Waals surface area contributed by atoms with Crippen LogP contribution in [0.4, 0.5) is 0 Å². The molecule has 18 heavy (non-hydrogen) atoms. The van der Waals surface area contributed by atoms with Gasteiger partial charge < -0.3 is 0 Å². The first-order valence-electron chi connectivity index (χ1n) is 6.95. The Morgan fingerprint density at radius 3 is 2.78 bits per heavy atom. The molecule has 0 aromatic heterocycles. The molecule has 1 aliphatic carbocycles. The highest BCUT2D eigenvalue weighted by atomic mass is 15.0. The first kappa shape index (κ1) is 13.1. The molecule has 0 heterocycles. The maximum absolute atomic E-state index is 9.60. The van der Waals surface area contributed by atoms with E-state index in [1.165, 1.54) is 18.4 Å². The van der Waals surface area contributed by atoms with E-state index in [1.54, 1.807) is 0 Å². The Hall–Kier alpha value is -1.33. The van der Waals surface area contributed by atoms with Crippen molar-refractivity contribution in [2.75, 3.05) is 0 Å². The summed E-state index contributed by atoms with van der Waals surface area (Å²) in [7, 11) is 0. The maximum atomic E-state index is 9.60. The van der Waals surface area contributed by atoms with Crippen LogP contribution in [0.1, 0.15) is 51.1 Å². The van der Waals surface area contributed by atoms with Crippen LogP contribution in [0.2, 0.25) is 0 Å². The molecular formula is C16H22N2. The molecule has 1 N–H and O–H groups in total. The second-order valence-electron chi connectivity index (χ2n) is 5.36. The lowest BCUT2D eigenvalue weighted by molar-refractivity contribution is 0.283. The monoisotopic (exact) mass is 242 g/mol. The Balaban J connectivity index is 2.14. The van der Waals surface area contributed by atoms with Gasteiger partial charge in [0.05, 0.1) is 6.07 Å². The van der Waals surface area contributed by atoms with E-state index in [0.29, 0.717) is 5.92 Å². The fourth-order valence-electron chi connectivity index (χ4n) is 3.21. The minimum atomic E-state index is -0.315. The van der Waals surface area contributed by atoms with Crippen molar-refractivity contribution in [1.29, 1.82) is 5.26 Å². The maximum Gasteiger partial charge on any atom is 0.110 e. The summed E-state index contributed by atoms with van der Waals surface area (Å²) >= 11 is 0. The molecule has 1 saturated carbocycles. The molecule has 3 atom stereocenters. The molecule has 0 spiro atoms. The van der Waals surface area contributed by atoms with E-state index < -0.39 is 0 Å². The number of hydrogen-bond donors (Lipinski definition) is 1. The van der Waals surface area contributed by atoms with Crippen LogP contribution < -0.4 is 5.32 Å². The van der Waals surface area contributed by atoms with Gasteiger partial charge in [0, 0.05) is 6.04 Å². The average Bonchev–Trinajstić information content (AvgIpc) is 2.83. The molecule has 1 aromatic carbocycles. The minimum absolute atomic E-state index is 0.234. The second kappa shape index (κ2) is 5.54. The largest absolute Gasteiger partial charge is 0.293 e. The summed E-state index contributed by atoms with van der Waals surface area (Å²) in [5, 5.41) is 13.2. The molecule has 0 bridgehead atoms. The summed E-state index contributed by atoms with van der Waals surface area (Å²) in [4.78, 5) is 0. The van der Waals surface area contributed by atoms with Gasteiger partial charge >= 0.3 is 0 Å². The quantitative estimate of drug-likeness (QED) is 0.871. The van der Waals surface area contributed by atoms with Gasteiger partial charge in [-0.2, -0.15) is 5.26 Å². The molecule has 1 aromatic rings. The third-order valence-corrected chi connectivity index (χ3v) is 4.29. The number of nitriles is 1. The van der Waals surface area contributed by atoms with E-state index in [9.17, 15) is 5.26 Å². The lowest BCUT2D eigenvalue weighted by Gasteiger charge is -2.32. The Morgan fingerprint density at radius 2 is 2.17 bits per heavy atom. The van der Waals surface area contributed by atoms with Crippen LogP contribution in [0.5, 0.6) is 0 Å². The molecule has 2 nitrogen and oxygen atoms in total. The molecular weight excluding hydrogens is 220 g/mol. The fraction of sp³-hybridized carbons (Fsp3) is 0.562. The predicted molar refractivity (Wildman–Crippen MR) is 74.0 cm³/mol. The Morgan fingerprint density at radius 1 is 1.44 bits per heavy atom. The zero-order chi connectivity index (χ0) is 13.0. The van der Waals surface area contributed by atoms with Gasteiger partial charge in [-0.1, -0.05) is 50.1 Å². The smallest absolute Gasteiger partial charge is 0.110 e. The van der Waals surface area contributed by atoms with Gasteiger partial charge in [0.1, 0.15) is 5.54 Å². The summed E-state index contributed by atoms with van der Waals surface area (Å²) in [5.41, 5.74) is 0.943. The van der Waals surface area contributed by atoms with Gasteiger partial charge in [-0.05, 0) is 31.2 Å². The molecule has 96 valence electrons. The van der Waals surface area contributed by atoms with E-state index in [4.69, 9.17) is 0 Å². The van der Waals surface area contributed by atoms with Crippen molar-refractivity contribution in [2.24, 2.45) is 5.92 Å². The van der Waals surface area contributed by atoms with Gasteiger partial charge in [-0.25, -0.2) is 0 Å². The molecule has 2 rings (SSSR count). The molecule has 0 radical (unpaired) electrons. The molecule has 1 aliphatic rings. The van der Waals surface area contributed by atoms with E-state index in [0.717, 1.165) is 12.8 Å². The lowest BCUT2D eigenvalue weighted by atomic mass is 9.85. The zero-order valence-electron chi connectivity index (χ0n) is 11.3. The van der Waals surface area contributed by atoms with Crippen molar-refractivity contribution in [2.45, 2.75) is 51.1 Å². The lowest BCUT2D eigenvalue weighted by Crippen LogP contribution is -2.47. The van der Waals surface area contributed by atoms with Gasteiger partial charge in [0.25, 0.3) is 0 Å². The van der Waals surface area contributed by atoms with Crippen LogP contribution in [-0.4, -0.2) is 5.54 Å². The minimum Gasteiger partial charge on any atom is -0.293 e. The van der Waals surface area contributed by atoms with Crippen LogP contribution >= 0.6 is 0 Å². The highest BCUT2D eigenvalue weighted by molar-refractivity contribution is 5.22. The van der Waals surface area contributed by atoms with E-state index >= 15 is 0 Å². The first-order valence-corrected chi connectivity index (χ1v) is 6.95. The fourth-order valence-corrected chi connectivity index (χ4v) is 3.21. The predicted octanol–water partition coefficient (Wildman–Crippen LogP) is 3.81. The third-order valence-electron chi connectivity index (χ3n) is 4.29. The molecule has 2 heteroatoms.